The summed E-state index contributed by atoms with van der Waals surface area (Å²) in [5.74, 6) is 0. The van der Waals surface area contributed by atoms with Crippen LogP contribution in [0.2, 0.25) is 0 Å². The molecule has 3 heteroatoms. The highest BCUT2D eigenvalue weighted by Gasteiger charge is 2.24. The molecule has 0 fully saturated rings. The number of fused-ring (bicyclic) bond motifs is 4. The van der Waals surface area contributed by atoms with E-state index in [2.05, 4.69) is 168 Å². The Morgan fingerprint density at radius 2 is 1.02 bits per heavy atom. The van der Waals surface area contributed by atoms with Gasteiger partial charge in [-0.1, -0.05) is 97.1 Å². The van der Waals surface area contributed by atoms with Crippen molar-refractivity contribution in [2.45, 2.75) is 6.92 Å². The van der Waals surface area contributed by atoms with Crippen LogP contribution in [-0.4, -0.2) is 0 Å². The normalized spacial score (nSPS) is 11.3. The maximum absolute atomic E-state index is 6.20. The van der Waals surface area contributed by atoms with Gasteiger partial charge in [0, 0.05) is 33.5 Å². The van der Waals surface area contributed by atoms with Gasteiger partial charge >= 0.3 is 0 Å². The smallest absolute Gasteiger partial charge is 0.135 e. The Morgan fingerprint density at radius 3 is 1.82 bits per heavy atom. The first-order chi connectivity index (χ1) is 21.7. The lowest BCUT2D eigenvalue weighted by Crippen LogP contribution is -2.18. The molecule has 0 amide bonds. The van der Waals surface area contributed by atoms with Crippen LogP contribution in [0.4, 0.5) is 34.1 Å². The molecule has 8 rings (SSSR count). The molecule has 0 saturated carbocycles. The van der Waals surface area contributed by atoms with Gasteiger partial charge in [-0.25, -0.2) is 0 Å². The Balaban J connectivity index is 1.40. The zero-order valence-electron chi connectivity index (χ0n) is 24.4. The molecular formula is C41H30N2O. The van der Waals surface area contributed by atoms with Crippen molar-refractivity contribution in [3.63, 3.8) is 0 Å². The fourth-order valence-corrected chi connectivity index (χ4v) is 6.27. The first-order valence-corrected chi connectivity index (χ1v) is 14.9. The first-order valence-electron chi connectivity index (χ1n) is 14.9. The van der Waals surface area contributed by atoms with Gasteiger partial charge in [0.15, 0.2) is 0 Å². The third kappa shape index (κ3) is 4.47. The van der Waals surface area contributed by atoms with Gasteiger partial charge in [-0.15, -0.1) is 0 Å². The minimum atomic E-state index is 0.884. The number of rotatable bonds is 6. The highest BCUT2D eigenvalue weighted by Crippen LogP contribution is 2.48. The molecule has 8 aromatic rings. The monoisotopic (exact) mass is 566 g/mol. The number of nitrogens with zero attached hydrogens (tertiary/aromatic N) is 2. The van der Waals surface area contributed by atoms with Crippen molar-refractivity contribution in [1.82, 2.24) is 0 Å². The lowest BCUT2D eigenvalue weighted by atomic mass is 10.0. The van der Waals surface area contributed by atoms with Gasteiger partial charge in [0.05, 0.1) is 11.4 Å². The average Bonchev–Trinajstić information content (AvgIpc) is 3.45. The molecule has 44 heavy (non-hydrogen) atoms. The molecule has 210 valence electrons. The van der Waals surface area contributed by atoms with Crippen LogP contribution < -0.4 is 9.80 Å². The molecule has 1 heterocycles. The van der Waals surface area contributed by atoms with Crippen LogP contribution in [0.1, 0.15) is 5.56 Å². The second-order valence-electron chi connectivity index (χ2n) is 11.1. The summed E-state index contributed by atoms with van der Waals surface area (Å²) in [5.41, 5.74) is 9.51. The molecule has 0 radical (unpaired) electrons. The lowest BCUT2D eigenvalue weighted by molar-refractivity contribution is 0.669. The van der Waals surface area contributed by atoms with Crippen LogP contribution >= 0.6 is 0 Å². The maximum Gasteiger partial charge on any atom is 0.135 e. The van der Waals surface area contributed by atoms with E-state index < -0.39 is 0 Å². The van der Waals surface area contributed by atoms with Crippen LogP contribution in [0, 0.1) is 6.92 Å². The first kappa shape index (κ1) is 25.9. The zero-order valence-corrected chi connectivity index (χ0v) is 24.4. The Bertz CT molecular complexity index is 2250. The van der Waals surface area contributed by atoms with Crippen molar-refractivity contribution in [1.29, 1.82) is 0 Å². The summed E-state index contributed by atoms with van der Waals surface area (Å²) in [6.07, 6.45) is 0. The van der Waals surface area contributed by atoms with Crippen LogP contribution in [0.5, 0.6) is 0 Å². The Hall–Kier alpha value is -5.80. The largest absolute Gasteiger partial charge is 0.456 e. The summed E-state index contributed by atoms with van der Waals surface area (Å²) < 4.78 is 6.20. The predicted octanol–water partition coefficient (Wildman–Crippen LogP) is 12.0. The molecule has 0 atom stereocenters. The number of furan rings is 1. The summed E-state index contributed by atoms with van der Waals surface area (Å²) in [6, 6.07) is 57.9. The van der Waals surface area contributed by atoms with E-state index in [1.807, 2.05) is 12.1 Å². The van der Waals surface area contributed by atoms with Crippen LogP contribution in [0.25, 0.3) is 32.7 Å². The molecule has 0 N–H and O–H groups in total. The second kappa shape index (κ2) is 10.8. The third-order valence-electron chi connectivity index (χ3n) is 8.32. The van der Waals surface area contributed by atoms with Gasteiger partial charge in [-0.05, 0) is 90.0 Å². The fraction of sp³-hybridized carbons (Fsp3) is 0.0244. The summed E-state index contributed by atoms with van der Waals surface area (Å²) >= 11 is 0. The van der Waals surface area contributed by atoms with E-state index in [9.17, 15) is 0 Å². The van der Waals surface area contributed by atoms with Gasteiger partial charge in [-0.3, -0.25) is 0 Å². The highest BCUT2D eigenvalue weighted by atomic mass is 16.3. The van der Waals surface area contributed by atoms with Crippen LogP contribution in [0.3, 0.4) is 0 Å². The average molecular weight is 567 g/mol. The fourth-order valence-electron chi connectivity index (χ4n) is 6.27. The molecule has 0 aliphatic carbocycles. The van der Waals surface area contributed by atoms with Crippen molar-refractivity contribution in [3.8, 4) is 0 Å². The van der Waals surface area contributed by atoms with Gasteiger partial charge < -0.3 is 14.2 Å². The van der Waals surface area contributed by atoms with Crippen LogP contribution in [-0.2, 0) is 0 Å². The number of hydrogen-bond donors (Lipinski definition) is 0. The van der Waals surface area contributed by atoms with E-state index in [4.69, 9.17) is 4.42 Å². The molecule has 0 aliphatic heterocycles. The Labute approximate surface area is 256 Å². The molecule has 0 aliphatic rings. The summed E-state index contributed by atoms with van der Waals surface area (Å²) in [5, 5.41) is 4.64. The summed E-state index contributed by atoms with van der Waals surface area (Å²) in [4.78, 5) is 4.75. The SMILES string of the molecule is Cc1cccc(N(c2ccccc2)c2ccc3oc4ccccc4c3c2)c1N(c1ccccc1)c1ccc2ccccc2c1. The van der Waals surface area contributed by atoms with Gasteiger partial charge in [0.1, 0.15) is 11.2 Å². The molecule has 0 unspecified atom stereocenters. The lowest BCUT2D eigenvalue weighted by Gasteiger charge is -2.34. The number of anilines is 6. The van der Waals surface area contributed by atoms with Crippen molar-refractivity contribution < 1.29 is 4.42 Å². The predicted molar refractivity (Wildman–Crippen MR) is 185 cm³/mol. The summed E-state index contributed by atoms with van der Waals surface area (Å²) in [7, 11) is 0. The highest BCUT2D eigenvalue weighted by molar-refractivity contribution is 6.07. The van der Waals surface area contributed by atoms with Gasteiger partial charge in [0.2, 0.25) is 0 Å². The van der Waals surface area contributed by atoms with E-state index in [-0.39, 0.29) is 0 Å². The van der Waals surface area contributed by atoms with Crippen molar-refractivity contribution in [3.05, 3.63) is 169 Å². The molecule has 7 aromatic carbocycles. The minimum Gasteiger partial charge on any atom is -0.456 e. The molecule has 0 spiro atoms. The topological polar surface area (TPSA) is 19.6 Å². The van der Waals surface area contributed by atoms with E-state index >= 15 is 0 Å². The quantitative estimate of drug-likeness (QED) is 0.200. The van der Waals surface area contributed by atoms with E-state index in [0.29, 0.717) is 0 Å². The molecule has 3 nitrogen and oxygen atoms in total. The van der Waals surface area contributed by atoms with Gasteiger partial charge in [0.25, 0.3) is 0 Å². The maximum atomic E-state index is 6.20. The van der Waals surface area contributed by atoms with E-state index in [1.54, 1.807) is 0 Å². The molecule has 1 aromatic heterocycles. The van der Waals surface area contributed by atoms with E-state index in [0.717, 1.165) is 56.1 Å². The molecule has 0 saturated heterocycles. The molecule has 0 bridgehead atoms. The number of aryl methyl sites for hydroxylation is 1. The summed E-state index contributed by atoms with van der Waals surface area (Å²) in [6.45, 7) is 2.20. The minimum absolute atomic E-state index is 0.884. The van der Waals surface area contributed by atoms with Crippen LogP contribution in [0.15, 0.2) is 168 Å². The van der Waals surface area contributed by atoms with Gasteiger partial charge in [-0.2, -0.15) is 0 Å². The number of para-hydroxylation sites is 4. The molecular weight excluding hydrogens is 536 g/mol. The third-order valence-corrected chi connectivity index (χ3v) is 8.32. The zero-order chi connectivity index (χ0) is 29.5. The Kier molecular flexibility index (Phi) is 6.35. The van der Waals surface area contributed by atoms with Crippen molar-refractivity contribution >= 4 is 66.8 Å². The second-order valence-corrected chi connectivity index (χ2v) is 11.1. The van der Waals surface area contributed by atoms with E-state index in [1.165, 1.54) is 16.3 Å². The standard InChI is InChI=1S/C41H30N2O/c1-29-13-12-21-38(41(29)43(33-18-6-3-7-19-33)34-24-23-30-14-8-9-15-31(30)27-34)42(32-16-4-2-5-17-32)35-25-26-40-37(28-35)36-20-10-11-22-39(36)44-40/h2-28H,1H3. The van der Waals surface area contributed by atoms with Crippen molar-refractivity contribution in [2.24, 2.45) is 0 Å². The Morgan fingerprint density at radius 1 is 0.409 bits per heavy atom. The number of hydrogen-bond acceptors (Lipinski definition) is 3. The van der Waals surface area contributed by atoms with Crippen molar-refractivity contribution in [2.75, 3.05) is 9.80 Å². The number of benzene rings is 7.